The van der Waals surface area contributed by atoms with Gasteiger partial charge in [-0.25, -0.2) is 9.97 Å². The first-order valence-electron chi connectivity index (χ1n) is 8.36. The van der Waals surface area contributed by atoms with E-state index in [2.05, 4.69) is 20.6 Å². The van der Waals surface area contributed by atoms with Crippen molar-refractivity contribution in [1.29, 1.82) is 0 Å². The Balaban J connectivity index is 1.71. The largest absolute Gasteiger partial charge is 0.497 e. The molecule has 0 atom stereocenters. The number of anilines is 1. The van der Waals surface area contributed by atoms with Gasteiger partial charge in [-0.1, -0.05) is 23.7 Å². The molecule has 0 saturated carbocycles. The molecule has 0 aliphatic carbocycles. The zero-order chi connectivity index (χ0) is 19.9. The van der Waals surface area contributed by atoms with Crippen LogP contribution >= 0.6 is 11.6 Å². The molecule has 0 bridgehead atoms. The minimum Gasteiger partial charge on any atom is -0.497 e. The average Bonchev–Trinajstić information content (AvgIpc) is 2.72. The second kappa shape index (κ2) is 8.96. The van der Waals surface area contributed by atoms with Gasteiger partial charge in [-0.15, -0.1) is 0 Å². The molecule has 8 heteroatoms. The standard InChI is InChI=1S/C20H17ClN4O3/c1-28-16-7-5-14(6-8-16)19(26)25-18-17(22-9-10-23-18)20(27)24-12-13-3-2-4-15(21)11-13/h2-11H,12H2,1H3,(H,24,27)(H,23,25,26). The molecule has 1 heterocycles. The molecule has 2 aromatic carbocycles. The van der Waals surface area contributed by atoms with Crippen molar-refractivity contribution in [3.8, 4) is 5.75 Å². The lowest BCUT2D eigenvalue weighted by molar-refractivity contribution is 0.0946. The van der Waals surface area contributed by atoms with Gasteiger partial charge in [0.2, 0.25) is 0 Å². The number of rotatable bonds is 6. The summed E-state index contributed by atoms with van der Waals surface area (Å²) in [5, 5.41) is 5.94. The summed E-state index contributed by atoms with van der Waals surface area (Å²) < 4.78 is 5.07. The Morgan fingerprint density at radius 2 is 1.79 bits per heavy atom. The molecule has 0 unspecified atom stereocenters. The average molecular weight is 397 g/mol. The first kappa shape index (κ1) is 19.3. The van der Waals surface area contributed by atoms with Crippen LogP contribution in [0.3, 0.4) is 0 Å². The molecule has 0 saturated heterocycles. The number of hydrogen-bond acceptors (Lipinski definition) is 5. The van der Waals surface area contributed by atoms with Crippen LogP contribution in [0.25, 0.3) is 0 Å². The Hall–Kier alpha value is -3.45. The van der Waals surface area contributed by atoms with Gasteiger partial charge in [0.05, 0.1) is 7.11 Å². The van der Waals surface area contributed by atoms with Gasteiger partial charge >= 0.3 is 0 Å². The number of ether oxygens (including phenoxy) is 1. The SMILES string of the molecule is COc1ccc(C(=O)Nc2nccnc2C(=O)NCc2cccc(Cl)c2)cc1. The minimum absolute atomic E-state index is 0.0198. The van der Waals surface area contributed by atoms with Crippen LogP contribution in [0, 0.1) is 0 Å². The highest BCUT2D eigenvalue weighted by molar-refractivity contribution is 6.30. The van der Waals surface area contributed by atoms with E-state index in [-0.39, 0.29) is 18.1 Å². The van der Waals surface area contributed by atoms with Gasteiger partial charge in [-0.3, -0.25) is 9.59 Å². The number of hydrogen-bond donors (Lipinski definition) is 2. The predicted octanol–water partition coefficient (Wildman–Crippen LogP) is 3.32. The highest BCUT2D eigenvalue weighted by atomic mass is 35.5. The van der Waals surface area contributed by atoms with Gasteiger partial charge in [-0.2, -0.15) is 0 Å². The van der Waals surface area contributed by atoms with Gasteiger partial charge in [0.25, 0.3) is 11.8 Å². The van der Waals surface area contributed by atoms with Crippen LogP contribution in [0.15, 0.2) is 60.9 Å². The molecule has 0 fully saturated rings. The molecular weight excluding hydrogens is 380 g/mol. The lowest BCUT2D eigenvalue weighted by atomic mass is 10.2. The molecule has 0 aliphatic rings. The van der Waals surface area contributed by atoms with Crippen molar-refractivity contribution in [2.45, 2.75) is 6.54 Å². The number of carbonyl (C=O) groups is 2. The molecular formula is C20H17ClN4O3. The molecule has 0 aliphatic heterocycles. The quantitative estimate of drug-likeness (QED) is 0.666. The molecule has 142 valence electrons. The normalized spacial score (nSPS) is 10.2. The molecule has 0 spiro atoms. The van der Waals surface area contributed by atoms with Crippen molar-refractivity contribution in [3.05, 3.63) is 82.8 Å². The van der Waals surface area contributed by atoms with Crippen LogP contribution in [0.4, 0.5) is 5.82 Å². The van der Waals surface area contributed by atoms with E-state index in [1.54, 1.807) is 49.6 Å². The van der Waals surface area contributed by atoms with Crippen LogP contribution in [0.2, 0.25) is 5.02 Å². The van der Waals surface area contributed by atoms with E-state index in [4.69, 9.17) is 16.3 Å². The van der Waals surface area contributed by atoms with Crippen molar-refractivity contribution in [3.63, 3.8) is 0 Å². The third kappa shape index (κ3) is 4.83. The summed E-state index contributed by atoms with van der Waals surface area (Å²) >= 11 is 5.95. The molecule has 7 nitrogen and oxygen atoms in total. The Morgan fingerprint density at radius 3 is 2.50 bits per heavy atom. The lowest BCUT2D eigenvalue weighted by Gasteiger charge is -2.10. The highest BCUT2D eigenvalue weighted by Gasteiger charge is 2.17. The topological polar surface area (TPSA) is 93.2 Å². The van der Waals surface area contributed by atoms with Crippen molar-refractivity contribution < 1.29 is 14.3 Å². The third-order valence-corrected chi connectivity index (χ3v) is 4.07. The molecule has 0 radical (unpaired) electrons. The fourth-order valence-corrected chi connectivity index (χ4v) is 2.64. The van der Waals surface area contributed by atoms with Crippen LogP contribution in [-0.2, 0) is 6.54 Å². The monoisotopic (exact) mass is 396 g/mol. The van der Waals surface area contributed by atoms with Crippen LogP contribution in [0.1, 0.15) is 26.4 Å². The van der Waals surface area contributed by atoms with Gasteiger partial charge in [0.15, 0.2) is 11.5 Å². The van der Waals surface area contributed by atoms with E-state index in [0.717, 1.165) is 5.56 Å². The minimum atomic E-state index is -0.460. The maximum absolute atomic E-state index is 12.5. The molecule has 3 rings (SSSR count). The summed E-state index contributed by atoms with van der Waals surface area (Å²) in [7, 11) is 1.54. The van der Waals surface area contributed by atoms with E-state index in [0.29, 0.717) is 16.3 Å². The number of benzene rings is 2. The molecule has 2 N–H and O–H groups in total. The number of amides is 2. The summed E-state index contributed by atoms with van der Waals surface area (Å²) in [6.07, 6.45) is 2.79. The van der Waals surface area contributed by atoms with E-state index < -0.39 is 11.8 Å². The van der Waals surface area contributed by atoms with Crippen molar-refractivity contribution in [1.82, 2.24) is 15.3 Å². The second-order valence-corrected chi connectivity index (χ2v) is 6.19. The van der Waals surface area contributed by atoms with Gasteiger partial charge in [0.1, 0.15) is 5.75 Å². The first-order valence-corrected chi connectivity index (χ1v) is 8.73. The molecule has 28 heavy (non-hydrogen) atoms. The fraction of sp³-hybridized carbons (Fsp3) is 0.100. The highest BCUT2D eigenvalue weighted by Crippen LogP contribution is 2.15. The summed E-state index contributed by atoms with van der Waals surface area (Å²) in [5.74, 6) is -0.158. The Labute approximate surface area is 166 Å². The van der Waals surface area contributed by atoms with Gasteiger partial charge < -0.3 is 15.4 Å². The van der Waals surface area contributed by atoms with Crippen molar-refractivity contribution in [2.75, 3.05) is 12.4 Å². The van der Waals surface area contributed by atoms with Crippen LogP contribution < -0.4 is 15.4 Å². The Kier molecular flexibility index (Phi) is 6.18. The van der Waals surface area contributed by atoms with E-state index in [9.17, 15) is 9.59 Å². The summed E-state index contributed by atoms with van der Waals surface area (Å²) in [6, 6.07) is 13.7. The fourth-order valence-electron chi connectivity index (χ4n) is 2.43. The van der Waals surface area contributed by atoms with Gasteiger partial charge in [0, 0.05) is 29.5 Å². The second-order valence-electron chi connectivity index (χ2n) is 5.75. The maximum Gasteiger partial charge on any atom is 0.274 e. The number of halogens is 1. The zero-order valence-electron chi connectivity index (χ0n) is 15.0. The van der Waals surface area contributed by atoms with Crippen molar-refractivity contribution >= 4 is 29.2 Å². The number of nitrogens with one attached hydrogen (secondary N) is 2. The maximum atomic E-state index is 12.5. The Bertz CT molecular complexity index is 993. The smallest absolute Gasteiger partial charge is 0.274 e. The summed E-state index contributed by atoms with van der Waals surface area (Å²) in [4.78, 5) is 33.1. The number of nitrogens with zero attached hydrogens (tertiary/aromatic N) is 2. The third-order valence-electron chi connectivity index (χ3n) is 3.84. The molecule has 1 aromatic heterocycles. The van der Waals surface area contributed by atoms with Crippen LogP contribution in [-0.4, -0.2) is 28.9 Å². The van der Waals surface area contributed by atoms with Crippen LogP contribution in [0.5, 0.6) is 5.75 Å². The molecule has 3 aromatic rings. The number of carbonyl (C=O) groups excluding carboxylic acids is 2. The van der Waals surface area contributed by atoms with E-state index in [1.807, 2.05) is 6.07 Å². The van der Waals surface area contributed by atoms with Gasteiger partial charge in [-0.05, 0) is 42.0 Å². The zero-order valence-corrected chi connectivity index (χ0v) is 15.7. The summed E-state index contributed by atoms with van der Waals surface area (Å²) in [6.45, 7) is 0.266. The van der Waals surface area contributed by atoms with E-state index in [1.165, 1.54) is 12.4 Å². The number of methoxy groups -OCH3 is 1. The summed E-state index contributed by atoms with van der Waals surface area (Å²) in [5.41, 5.74) is 1.26. The lowest BCUT2D eigenvalue weighted by Crippen LogP contribution is -2.26. The Morgan fingerprint density at radius 1 is 1.04 bits per heavy atom. The van der Waals surface area contributed by atoms with Crippen molar-refractivity contribution in [2.24, 2.45) is 0 Å². The predicted molar refractivity (Wildman–Crippen MR) is 106 cm³/mol. The first-order chi connectivity index (χ1) is 13.6. The number of aromatic nitrogens is 2. The molecule has 2 amide bonds. The van der Waals surface area contributed by atoms with E-state index >= 15 is 0 Å².